The Kier molecular flexibility index (Phi) is 3.88. The number of amides is 1. The van der Waals surface area contributed by atoms with E-state index in [0.29, 0.717) is 17.3 Å². The number of nitrogens with one attached hydrogen (secondary N) is 1. The van der Waals surface area contributed by atoms with Crippen molar-refractivity contribution >= 4 is 23.2 Å². The standard InChI is InChI=1S/C13H17ClN2O2/c1-9-4-7-15-12(14)11(9)16-10(17)8-13(18-2)5-3-6-13/h4,7H,3,5-6,8H2,1-2H3,(H,16,17). The zero-order valence-electron chi connectivity index (χ0n) is 10.6. The van der Waals surface area contributed by atoms with Crippen LogP contribution in [0, 0.1) is 6.92 Å². The number of hydrogen-bond donors (Lipinski definition) is 1. The summed E-state index contributed by atoms with van der Waals surface area (Å²) in [5.74, 6) is -0.0745. The van der Waals surface area contributed by atoms with Crippen molar-refractivity contribution in [1.82, 2.24) is 4.98 Å². The summed E-state index contributed by atoms with van der Waals surface area (Å²) in [4.78, 5) is 16.0. The SMILES string of the molecule is COC1(CC(=O)Nc2c(C)ccnc2Cl)CCC1. The highest BCUT2D eigenvalue weighted by molar-refractivity contribution is 6.32. The largest absolute Gasteiger partial charge is 0.378 e. The fraction of sp³-hybridized carbons (Fsp3) is 0.538. The first-order chi connectivity index (χ1) is 8.56. The van der Waals surface area contributed by atoms with Gasteiger partial charge in [0.2, 0.25) is 5.91 Å². The summed E-state index contributed by atoms with van der Waals surface area (Å²) < 4.78 is 5.43. The number of pyridine rings is 1. The van der Waals surface area contributed by atoms with Gasteiger partial charge in [0, 0.05) is 13.3 Å². The van der Waals surface area contributed by atoms with Crippen LogP contribution in [0.2, 0.25) is 5.15 Å². The molecule has 18 heavy (non-hydrogen) atoms. The van der Waals surface area contributed by atoms with Crippen LogP contribution in [0.3, 0.4) is 0 Å². The molecule has 1 heterocycles. The van der Waals surface area contributed by atoms with Crippen LogP contribution >= 0.6 is 11.6 Å². The number of hydrogen-bond acceptors (Lipinski definition) is 3. The van der Waals surface area contributed by atoms with E-state index in [4.69, 9.17) is 16.3 Å². The number of methoxy groups -OCH3 is 1. The van der Waals surface area contributed by atoms with Crippen LogP contribution in [0.25, 0.3) is 0 Å². The van der Waals surface area contributed by atoms with E-state index < -0.39 is 0 Å². The third-order valence-electron chi connectivity index (χ3n) is 3.56. The minimum Gasteiger partial charge on any atom is -0.378 e. The Morgan fingerprint density at radius 1 is 1.61 bits per heavy atom. The molecule has 5 heteroatoms. The first kappa shape index (κ1) is 13.3. The molecule has 1 N–H and O–H groups in total. The number of carbonyl (C=O) groups excluding carboxylic acids is 1. The van der Waals surface area contributed by atoms with E-state index >= 15 is 0 Å². The van der Waals surface area contributed by atoms with E-state index in [1.54, 1.807) is 13.3 Å². The molecular weight excluding hydrogens is 252 g/mol. The van der Waals surface area contributed by atoms with Crippen molar-refractivity contribution in [3.63, 3.8) is 0 Å². The summed E-state index contributed by atoms with van der Waals surface area (Å²) in [6.45, 7) is 1.89. The highest BCUT2D eigenvalue weighted by Gasteiger charge is 2.39. The summed E-state index contributed by atoms with van der Waals surface area (Å²) in [6, 6.07) is 1.82. The lowest BCUT2D eigenvalue weighted by Gasteiger charge is -2.39. The molecule has 1 saturated carbocycles. The van der Waals surface area contributed by atoms with Crippen LogP contribution in [0.15, 0.2) is 12.3 Å². The van der Waals surface area contributed by atoms with Crippen molar-refractivity contribution in [2.45, 2.75) is 38.2 Å². The maximum atomic E-state index is 12.0. The summed E-state index contributed by atoms with van der Waals surface area (Å²) >= 11 is 5.97. The number of aromatic nitrogens is 1. The van der Waals surface area contributed by atoms with Crippen LogP contribution in [-0.4, -0.2) is 23.6 Å². The lowest BCUT2D eigenvalue weighted by atomic mass is 9.77. The maximum absolute atomic E-state index is 12.0. The predicted octanol–water partition coefficient (Wildman–Crippen LogP) is 2.94. The van der Waals surface area contributed by atoms with E-state index in [1.807, 2.05) is 13.0 Å². The molecule has 0 aliphatic heterocycles. The molecular formula is C13H17ClN2O2. The molecule has 0 atom stereocenters. The van der Waals surface area contributed by atoms with Crippen LogP contribution in [0.5, 0.6) is 0 Å². The van der Waals surface area contributed by atoms with E-state index in [9.17, 15) is 4.79 Å². The molecule has 98 valence electrons. The Hall–Kier alpha value is -1.13. The second-order valence-electron chi connectivity index (χ2n) is 4.76. The summed E-state index contributed by atoms with van der Waals surface area (Å²) in [5.41, 5.74) is 1.23. The van der Waals surface area contributed by atoms with Gasteiger partial charge in [0.1, 0.15) is 0 Å². The number of anilines is 1. The van der Waals surface area contributed by atoms with Crippen LogP contribution in [0.4, 0.5) is 5.69 Å². The molecule has 1 amide bonds. The van der Waals surface area contributed by atoms with E-state index in [2.05, 4.69) is 10.3 Å². The molecule has 1 aromatic rings. The third kappa shape index (κ3) is 2.65. The van der Waals surface area contributed by atoms with Gasteiger partial charge in [-0.2, -0.15) is 0 Å². The van der Waals surface area contributed by atoms with E-state index in [1.165, 1.54) is 0 Å². The van der Waals surface area contributed by atoms with Gasteiger partial charge in [-0.05, 0) is 37.8 Å². The monoisotopic (exact) mass is 268 g/mol. The van der Waals surface area contributed by atoms with Gasteiger partial charge in [0.05, 0.1) is 17.7 Å². The van der Waals surface area contributed by atoms with Gasteiger partial charge >= 0.3 is 0 Å². The topological polar surface area (TPSA) is 51.2 Å². The molecule has 4 nitrogen and oxygen atoms in total. The number of nitrogens with zero attached hydrogens (tertiary/aromatic N) is 1. The summed E-state index contributed by atoms with van der Waals surface area (Å²) in [5, 5.41) is 3.15. The van der Waals surface area contributed by atoms with Crippen molar-refractivity contribution in [1.29, 1.82) is 0 Å². The second kappa shape index (κ2) is 5.24. The first-order valence-corrected chi connectivity index (χ1v) is 6.40. The van der Waals surface area contributed by atoms with Gasteiger partial charge in [-0.25, -0.2) is 4.98 Å². The molecule has 1 aromatic heterocycles. The Bertz CT molecular complexity index is 433. The molecule has 0 saturated heterocycles. The predicted molar refractivity (Wildman–Crippen MR) is 70.8 cm³/mol. The van der Waals surface area contributed by atoms with Gasteiger partial charge in [0.25, 0.3) is 0 Å². The summed E-state index contributed by atoms with van der Waals surface area (Å²) in [7, 11) is 1.66. The Balaban J connectivity index is 2.03. The van der Waals surface area contributed by atoms with Gasteiger partial charge < -0.3 is 10.1 Å². The zero-order valence-corrected chi connectivity index (χ0v) is 11.4. The molecule has 1 fully saturated rings. The smallest absolute Gasteiger partial charge is 0.227 e. The minimum atomic E-state index is -0.271. The fourth-order valence-electron chi connectivity index (χ4n) is 2.18. The van der Waals surface area contributed by atoms with Crippen LogP contribution in [-0.2, 0) is 9.53 Å². The molecule has 0 spiro atoms. The van der Waals surface area contributed by atoms with Crippen LogP contribution in [0.1, 0.15) is 31.2 Å². The average molecular weight is 269 g/mol. The second-order valence-corrected chi connectivity index (χ2v) is 5.12. The lowest BCUT2D eigenvalue weighted by molar-refractivity contribution is -0.129. The van der Waals surface area contributed by atoms with Gasteiger partial charge in [-0.1, -0.05) is 11.6 Å². The molecule has 0 aromatic carbocycles. The highest BCUT2D eigenvalue weighted by atomic mass is 35.5. The Labute approximate surface area is 112 Å². The molecule has 0 unspecified atom stereocenters. The van der Waals surface area contributed by atoms with Gasteiger partial charge in [0.15, 0.2) is 5.15 Å². The van der Waals surface area contributed by atoms with Crippen molar-refractivity contribution < 1.29 is 9.53 Å². The third-order valence-corrected chi connectivity index (χ3v) is 3.84. The lowest BCUT2D eigenvalue weighted by Crippen LogP contribution is -2.42. The van der Waals surface area contributed by atoms with Crippen molar-refractivity contribution in [2.24, 2.45) is 0 Å². The highest BCUT2D eigenvalue weighted by Crippen LogP contribution is 2.38. The fourth-order valence-corrected chi connectivity index (χ4v) is 2.43. The number of carbonyl (C=O) groups is 1. The van der Waals surface area contributed by atoms with Gasteiger partial charge in [-0.3, -0.25) is 4.79 Å². The van der Waals surface area contributed by atoms with Crippen LogP contribution < -0.4 is 5.32 Å². The van der Waals surface area contributed by atoms with Crippen molar-refractivity contribution in [2.75, 3.05) is 12.4 Å². The average Bonchev–Trinajstić information content (AvgIpc) is 2.29. The van der Waals surface area contributed by atoms with Crippen molar-refractivity contribution in [3.8, 4) is 0 Å². The number of halogens is 1. The number of ether oxygens (including phenoxy) is 1. The minimum absolute atomic E-state index is 0.0745. The first-order valence-electron chi connectivity index (χ1n) is 6.02. The Morgan fingerprint density at radius 3 is 2.83 bits per heavy atom. The maximum Gasteiger partial charge on any atom is 0.227 e. The van der Waals surface area contributed by atoms with E-state index in [0.717, 1.165) is 24.8 Å². The normalized spacial score (nSPS) is 17.1. The molecule has 1 aliphatic rings. The zero-order chi connectivity index (χ0) is 13.2. The number of rotatable bonds is 4. The summed E-state index contributed by atoms with van der Waals surface area (Å²) in [6.07, 6.45) is 4.99. The molecule has 2 rings (SSSR count). The molecule has 1 aliphatic carbocycles. The molecule has 0 radical (unpaired) electrons. The quantitative estimate of drug-likeness (QED) is 0.854. The van der Waals surface area contributed by atoms with E-state index in [-0.39, 0.29) is 11.5 Å². The van der Waals surface area contributed by atoms with Crippen molar-refractivity contribution in [3.05, 3.63) is 23.0 Å². The number of aryl methyl sites for hydroxylation is 1. The Morgan fingerprint density at radius 2 is 2.33 bits per heavy atom. The van der Waals surface area contributed by atoms with Gasteiger partial charge in [-0.15, -0.1) is 0 Å². The molecule has 0 bridgehead atoms.